The quantitative estimate of drug-likeness (QED) is 0.638. The van der Waals surface area contributed by atoms with Gasteiger partial charge in [0.2, 0.25) is 0 Å². The summed E-state index contributed by atoms with van der Waals surface area (Å²) in [6.45, 7) is 0. The van der Waals surface area contributed by atoms with E-state index in [1.807, 2.05) is 35.5 Å². The number of hydrogen-bond acceptors (Lipinski definition) is 3. The van der Waals surface area contributed by atoms with Crippen LogP contribution in [0.1, 0.15) is 4.88 Å². The van der Waals surface area contributed by atoms with Crippen LogP contribution in [0, 0.1) is 0 Å². The Morgan fingerprint density at radius 2 is 2.42 bits per heavy atom. The molecule has 0 aliphatic carbocycles. The monoisotopic (exact) mass is 193 g/mol. The van der Waals surface area contributed by atoms with Gasteiger partial charge in [0, 0.05) is 33.3 Å². The van der Waals surface area contributed by atoms with E-state index in [2.05, 4.69) is 11.1 Å². The summed E-state index contributed by atoms with van der Waals surface area (Å²) < 4.78 is 1.34. The van der Waals surface area contributed by atoms with E-state index in [0.717, 1.165) is 0 Å². The summed E-state index contributed by atoms with van der Waals surface area (Å²) in [5.41, 5.74) is 0. The molecule has 2 aromatic rings. The highest BCUT2D eigenvalue weighted by molar-refractivity contribution is 8.00. The molecule has 0 aromatic carbocycles. The van der Waals surface area contributed by atoms with Crippen LogP contribution in [0.25, 0.3) is 10.1 Å². The van der Waals surface area contributed by atoms with Crippen LogP contribution >= 0.6 is 23.1 Å². The molecule has 0 fully saturated rings. The number of rotatable bonds is 0. The minimum atomic E-state index is 1.25. The fourth-order valence-electron chi connectivity index (χ4n) is 1.55. The lowest BCUT2D eigenvalue weighted by Gasteiger charge is -1.90. The minimum Gasteiger partial charge on any atom is -0.263 e. The summed E-state index contributed by atoms with van der Waals surface area (Å²) in [6.07, 6.45) is 5.10. The zero-order chi connectivity index (χ0) is 7.97. The molecule has 1 nitrogen and oxygen atoms in total. The van der Waals surface area contributed by atoms with E-state index >= 15 is 0 Å². The van der Waals surface area contributed by atoms with Gasteiger partial charge >= 0.3 is 0 Å². The standard InChI is InChI=1S/C9H7NS2/c1-3-10-5-8-6(1)9-7(12-8)2-4-11-9/h1,3,5H,2,4H2. The summed E-state index contributed by atoms with van der Waals surface area (Å²) in [5.74, 6) is 1.26. The van der Waals surface area contributed by atoms with Gasteiger partial charge in [0.25, 0.3) is 0 Å². The summed E-state index contributed by atoms with van der Waals surface area (Å²) in [4.78, 5) is 7.20. The topological polar surface area (TPSA) is 12.9 Å². The number of hydrogen-bond donors (Lipinski definition) is 0. The first-order valence-corrected chi connectivity index (χ1v) is 5.73. The Kier molecular flexibility index (Phi) is 1.43. The summed E-state index contributed by atoms with van der Waals surface area (Å²) in [6, 6.07) is 2.13. The Labute approximate surface area is 78.8 Å². The zero-order valence-electron chi connectivity index (χ0n) is 6.41. The number of aromatic nitrogens is 1. The van der Waals surface area contributed by atoms with Crippen molar-refractivity contribution in [2.24, 2.45) is 0 Å². The molecule has 0 N–H and O–H groups in total. The van der Waals surface area contributed by atoms with Crippen molar-refractivity contribution in [2.45, 2.75) is 11.3 Å². The third kappa shape index (κ3) is 0.836. The highest BCUT2D eigenvalue weighted by Crippen LogP contribution is 2.42. The molecular formula is C9H7NS2. The lowest BCUT2D eigenvalue weighted by molar-refractivity contribution is 1.21. The number of thiophene rings is 1. The Hall–Kier alpha value is -0.540. The van der Waals surface area contributed by atoms with Crippen LogP contribution in [-0.4, -0.2) is 10.7 Å². The van der Waals surface area contributed by atoms with Gasteiger partial charge in [0.1, 0.15) is 0 Å². The minimum absolute atomic E-state index is 1.25. The van der Waals surface area contributed by atoms with E-state index in [4.69, 9.17) is 0 Å². The Morgan fingerprint density at radius 3 is 3.42 bits per heavy atom. The second-order valence-electron chi connectivity index (χ2n) is 2.82. The third-order valence-corrected chi connectivity index (χ3v) is 4.58. The molecule has 3 rings (SSSR count). The SMILES string of the molecule is c1cc2c3c(sc2cn1)CCS3. The summed E-state index contributed by atoms with van der Waals surface area (Å²) in [5, 5.41) is 1.41. The molecule has 2 aromatic heterocycles. The Bertz CT molecular complexity index is 433. The van der Waals surface area contributed by atoms with Gasteiger partial charge in [-0.2, -0.15) is 0 Å². The lowest BCUT2D eigenvalue weighted by atomic mass is 10.3. The predicted molar refractivity (Wildman–Crippen MR) is 54.0 cm³/mol. The van der Waals surface area contributed by atoms with Gasteiger partial charge in [0.05, 0.1) is 4.70 Å². The zero-order valence-corrected chi connectivity index (χ0v) is 8.04. The molecule has 0 radical (unpaired) electrons. The molecular weight excluding hydrogens is 186 g/mol. The molecule has 0 amide bonds. The van der Waals surface area contributed by atoms with E-state index in [0.29, 0.717) is 0 Å². The molecule has 0 spiro atoms. The van der Waals surface area contributed by atoms with Crippen molar-refractivity contribution in [2.75, 3.05) is 5.75 Å². The van der Waals surface area contributed by atoms with Crippen LogP contribution in [0.3, 0.4) is 0 Å². The fourth-order valence-corrected chi connectivity index (χ4v) is 4.22. The van der Waals surface area contributed by atoms with Gasteiger partial charge in [-0.3, -0.25) is 4.98 Å². The van der Waals surface area contributed by atoms with Gasteiger partial charge in [-0.1, -0.05) is 0 Å². The molecule has 0 atom stereocenters. The van der Waals surface area contributed by atoms with E-state index in [-0.39, 0.29) is 0 Å². The van der Waals surface area contributed by atoms with Crippen LogP contribution < -0.4 is 0 Å². The first-order chi connectivity index (χ1) is 5.95. The van der Waals surface area contributed by atoms with Gasteiger partial charge in [-0.15, -0.1) is 23.1 Å². The van der Waals surface area contributed by atoms with Crippen LogP contribution in [0.2, 0.25) is 0 Å². The number of aryl methyl sites for hydroxylation is 1. The number of fused-ring (bicyclic) bond motifs is 3. The molecule has 0 saturated carbocycles. The highest BCUT2D eigenvalue weighted by Gasteiger charge is 2.17. The van der Waals surface area contributed by atoms with Crippen LogP contribution in [0.5, 0.6) is 0 Å². The maximum atomic E-state index is 4.13. The lowest BCUT2D eigenvalue weighted by Crippen LogP contribution is -1.70. The second kappa shape index (κ2) is 2.47. The van der Waals surface area contributed by atoms with Gasteiger partial charge in [-0.25, -0.2) is 0 Å². The smallest absolute Gasteiger partial charge is 0.0540 e. The molecule has 0 bridgehead atoms. The molecule has 0 saturated heterocycles. The number of thioether (sulfide) groups is 1. The van der Waals surface area contributed by atoms with E-state index in [1.165, 1.54) is 27.2 Å². The van der Waals surface area contributed by atoms with Crippen molar-refractivity contribution < 1.29 is 0 Å². The summed E-state index contributed by atoms with van der Waals surface area (Å²) in [7, 11) is 0. The van der Waals surface area contributed by atoms with Gasteiger partial charge in [0.15, 0.2) is 0 Å². The molecule has 60 valence electrons. The largest absolute Gasteiger partial charge is 0.263 e. The van der Waals surface area contributed by atoms with E-state index in [9.17, 15) is 0 Å². The van der Waals surface area contributed by atoms with Gasteiger partial charge < -0.3 is 0 Å². The molecule has 0 unspecified atom stereocenters. The molecule has 3 heterocycles. The van der Waals surface area contributed by atoms with Gasteiger partial charge in [-0.05, 0) is 12.5 Å². The molecule has 12 heavy (non-hydrogen) atoms. The first kappa shape index (κ1) is 6.92. The number of pyridine rings is 1. The maximum Gasteiger partial charge on any atom is 0.0540 e. The maximum absolute atomic E-state index is 4.13. The average Bonchev–Trinajstić information content (AvgIpc) is 2.62. The van der Waals surface area contributed by atoms with Crippen molar-refractivity contribution in [3.8, 4) is 0 Å². The predicted octanol–water partition coefficient (Wildman–Crippen LogP) is 2.94. The van der Waals surface area contributed by atoms with E-state index in [1.54, 1.807) is 4.88 Å². The Morgan fingerprint density at radius 1 is 1.42 bits per heavy atom. The third-order valence-electron chi connectivity index (χ3n) is 2.09. The van der Waals surface area contributed by atoms with Crippen molar-refractivity contribution in [1.29, 1.82) is 0 Å². The normalized spacial score (nSPS) is 15.3. The molecule has 1 aliphatic heterocycles. The van der Waals surface area contributed by atoms with Crippen LogP contribution in [-0.2, 0) is 6.42 Å². The second-order valence-corrected chi connectivity index (χ2v) is 5.07. The molecule has 3 heteroatoms. The summed E-state index contributed by atoms with van der Waals surface area (Å²) >= 11 is 3.89. The fraction of sp³-hybridized carbons (Fsp3) is 0.222. The molecule has 1 aliphatic rings. The first-order valence-electron chi connectivity index (χ1n) is 3.93. The van der Waals surface area contributed by atoms with Crippen molar-refractivity contribution in [3.63, 3.8) is 0 Å². The Balaban J connectivity index is 2.44. The van der Waals surface area contributed by atoms with Crippen molar-refractivity contribution in [3.05, 3.63) is 23.3 Å². The van der Waals surface area contributed by atoms with Crippen molar-refractivity contribution in [1.82, 2.24) is 4.98 Å². The van der Waals surface area contributed by atoms with Crippen LogP contribution in [0.15, 0.2) is 23.4 Å². The van der Waals surface area contributed by atoms with E-state index < -0.39 is 0 Å². The van der Waals surface area contributed by atoms with Crippen molar-refractivity contribution >= 4 is 33.2 Å². The van der Waals surface area contributed by atoms with Crippen LogP contribution in [0.4, 0.5) is 0 Å². The highest BCUT2D eigenvalue weighted by atomic mass is 32.2. The average molecular weight is 193 g/mol. The number of nitrogens with zero attached hydrogens (tertiary/aromatic N) is 1.